The highest BCUT2D eigenvalue weighted by atomic mass is 16.5. The van der Waals surface area contributed by atoms with Gasteiger partial charge in [0.25, 0.3) is 0 Å². The molecule has 6 nitrogen and oxygen atoms in total. The molecule has 2 saturated heterocycles. The zero-order valence-electron chi connectivity index (χ0n) is 16.2. The van der Waals surface area contributed by atoms with Crippen LogP contribution in [0.5, 0.6) is 0 Å². The largest absolute Gasteiger partial charge is 0.378 e. The minimum absolute atomic E-state index is 0.308. The van der Waals surface area contributed by atoms with E-state index >= 15 is 0 Å². The second kappa shape index (κ2) is 9.31. The first-order valence-electron chi connectivity index (χ1n) is 10.1. The lowest BCUT2D eigenvalue weighted by atomic mass is 9.94. The van der Waals surface area contributed by atoms with E-state index in [0.717, 1.165) is 88.8 Å². The van der Waals surface area contributed by atoms with Crippen molar-refractivity contribution in [1.29, 1.82) is 0 Å². The average Bonchev–Trinajstić information content (AvgIpc) is 2.68. The lowest BCUT2D eigenvalue weighted by Gasteiger charge is -2.33. The highest BCUT2D eigenvalue weighted by Crippen LogP contribution is 2.28. The Kier molecular flexibility index (Phi) is 6.83. The second-order valence-corrected chi connectivity index (χ2v) is 7.43. The average molecular weight is 361 g/mol. The highest BCUT2D eigenvalue weighted by Gasteiger charge is 2.26. The number of carbonyl (C=O) groups is 1. The Balaban J connectivity index is 1.67. The van der Waals surface area contributed by atoms with Gasteiger partial charge < -0.3 is 14.5 Å². The van der Waals surface area contributed by atoms with Gasteiger partial charge in [-0.3, -0.25) is 4.79 Å². The molecule has 0 aliphatic carbocycles. The molecule has 0 spiro atoms. The van der Waals surface area contributed by atoms with Gasteiger partial charge in [-0.2, -0.15) is 0 Å². The predicted octanol–water partition coefficient (Wildman–Crippen LogP) is 2.91. The molecule has 0 saturated carbocycles. The number of nitrogens with zero attached hydrogens (tertiary/aromatic N) is 4. The van der Waals surface area contributed by atoms with Gasteiger partial charge in [0.2, 0.25) is 5.91 Å². The van der Waals surface area contributed by atoms with Crippen LogP contribution in [0.1, 0.15) is 62.9 Å². The van der Waals surface area contributed by atoms with Crippen LogP contribution < -0.4 is 4.90 Å². The van der Waals surface area contributed by atoms with E-state index in [1.165, 1.54) is 0 Å². The normalized spacial score (nSPS) is 21.1. The van der Waals surface area contributed by atoms with Crippen molar-refractivity contribution in [3.63, 3.8) is 0 Å². The smallest absolute Gasteiger partial charge is 0.222 e. The lowest BCUT2D eigenvalue weighted by molar-refractivity contribution is -0.132. The Morgan fingerprint density at radius 3 is 2.81 bits per heavy atom. The van der Waals surface area contributed by atoms with E-state index in [4.69, 9.17) is 9.72 Å². The van der Waals surface area contributed by atoms with Crippen molar-refractivity contribution in [1.82, 2.24) is 14.9 Å². The fourth-order valence-corrected chi connectivity index (χ4v) is 3.87. The maximum absolute atomic E-state index is 12.5. The number of hydrogen-bond donors (Lipinski definition) is 0. The Labute approximate surface area is 156 Å². The van der Waals surface area contributed by atoms with Crippen molar-refractivity contribution >= 4 is 11.7 Å². The molecule has 3 rings (SSSR count). The van der Waals surface area contributed by atoms with Crippen LogP contribution in [-0.4, -0.2) is 60.2 Å². The highest BCUT2D eigenvalue weighted by molar-refractivity contribution is 5.76. The summed E-state index contributed by atoms with van der Waals surface area (Å²) < 4.78 is 5.45. The molecular formula is C20H32N4O2. The van der Waals surface area contributed by atoms with Gasteiger partial charge >= 0.3 is 0 Å². The molecule has 1 unspecified atom stereocenters. The number of rotatable bonds is 6. The minimum Gasteiger partial charge on any atom is -0.378 e. The maximum Gasteiger partial charge on any atom is 0.222 e. The van der Waals surface area contributed by atoms with Crippen LogP contribution in [-0.2, 0) is 9.53 Å². The summed E-state index contributed by atoms with van der Waals surface area (Å²) in [6, 6.07) is 2.13. The predicted molar refractivity (Wildman–Crippen MR) is 102 cm³/mol. The molecule has 0 radical (unpaired) electrons. The monoisotopic (exact) mass is 360 g/mol. The third-order valence-electron chi connectivity index (χ3n) is 5.37. The first-order valence-corrected chi connectivity index (χ1v) is 10.1. The fourth-order valence-electron chi connectivity index (χ4n) is 3.87. The van der Waals surface area contributed by atoms with Gasteiger partial charge in [0.05, 0.1) is 18.9 Å². The number of carbonyl (C=O) groups excluding carboxylic acids is 1. The van der Waals surface area contributed by atoms with E-state index < -0.39 is 0 Å². The second-order valence-electron chi connectivity index (χ2n) is 7.43. The summed E-state index contributed by atoms with van der Waals surface area (Å²) in [5.41, 5.74) is 1.09. The number of aromatic nitrogens is 2. The summed E-state index contributed by atoms with van der Waals surface area (Å²) in [5.74, 6) is 2.44. The van der Waals surface area contributed by atoms with E-state index in [1.54, 1.807) is 0 Å². The van der Waals surface area contributed by atoms with Gasteiger partial charge in [-0.05, 0) is 26.2 Å². The van der Waals surface area contributed by atoms with Gasteiger partial charge in [0, 0.05) is 44.6 Å². The fraction of sp³-hybridized carbons (Fsp3) is 0.750. The van der Waals surface area contributed by atoms with Crippen LogP contribution >= 0.6 is 0 Å². The number of amides is 1. The molecule has 2 fully saturated rings. The number of ether oxygens (including phenoxy) is 1. The Morgan fingerprint density at radius 1 is 1.23 bits per heavy atom. The number of aryl methyl sites for hydroxylation is 1. The molecule has 1 atom stereocenters. The van der Waals surface area contributed by atoms with Gasteiger partial charge in [0.15, 0.2) is 0 Å². The molecule has 2 aliphatic rings. The van der Waals surface area contributed by atoms with Gasteiger partial charge in [0.1, 0.15) is 11.6 Å². The topological polar surface area (TPSA) is 58.6 Å². The zero-order valence-corrected chi connectivity index (χ0v) is 16.2. The molecule has 6 heteroatoms. The molecule has 2 aliphatic heterocycles. The summed E-state index contributed by atoms with van der Waals surface area (Å²) in [7, 11) is 0. The van der Waals surface area contributed by atoms with Crippen molar-refractivity contribution in [2.24, 2.45) is 0 Å². The molecule has 0 bridgehead atoms. The summed E-state index contributed by atoms with van der Waals surface area (Å²) in [5, 5.41) is 0. The molecule has 3 heterocycles. The number of hydrogen-bond acceptors (Lipinski definition) is 5. The Morgan fingerprint density at radius 2 is 2.04 bits per heavy atom. The Bertz CT molecular complexity index is 601. The van der Waals surface area contributed by atoms with Crippen LogP contribution in [0.4, 0.5) is 5.82 Å². The Hall–Kier alpha value is -1.69. The van der Waals surface area contributed by atoms with Gasteiger partial charge in [-0.25, -0.2) is 9.97 Å². The molecular weight excluding hydrogens is 328 g/mol. The third kappa shape index (κ3) is 4.93. The van der Waals surface area contributed by atoms with Crippen LogP contribution in [0.3, 0.4) is 0 Å². The lowest BCUT2D eigenvalue weighted by Crippen LogP contribution is -2.39. The molecule has 0 N–H and O–H groups in total. The maximum atomic E-state index is 12.5. The first-order chi connectivity index (χ1) is 12.7. The van der Waals surface area contributed by atoms with Crippen LogP contribution in [0.25, 0.3) is 0 Å². The van der Waals surface area contributed by atoms with Crippen LogP contribution in [0.15, 0.2) is 6.07 Å². The SMILES string of the molecule is CCCCCC(=O)N1CCCC(c2cc(N3CCOCC3)nc(C)n2)C1. The van der Waals surface area contributed by atoms with Crippen LogP contribution in [0.2, 0.25) is 0 Å². The molecule has 1 amide bonds. The molecule has 1 aromatic heterocycles. The zero-order chi connectivity index (χ0) is 18.4. The van der Waals surface area contributed by atoms with Crippen molar-refractivity contribution in [2.45, 2.75) is 58.3 Å². The van der Waals surface area contributed by atoms with Crippen molar-refractivity contribution in [3.05, 3.63) is 17.6 Å². The number of anilines is 1. The molecule has 0 aromatic carbocycles. The van der Waals surface area contributed by atoms with Crippen LogP contribution in [0, 0.1) is 6.92 Å². The third-order valence-corrected chi connectivity index (χ3v) is 5.37. The van der Waals surface area contributed by atoms with Crippen molar-refractivity contribution < 1.29 is 9.53 Å². The van der Waals surface area contributed by atoms with Crippen molar-refractivity contribution in [3.8, 4) is 0 Å². The van der Waals surface area contributed by atoms with E-state index in [1.807, 2.05) is 6.92 Å². The van der Waals surface area contributed by atoms with E-state index in [2.05, 4.69) is 27.8 Å². The van der Waals surface area contributed by atoms with Gasteiger partial charge in [-0.1, -0.05) is 19.8 Å². The molecule has 144 valence electrons. The summed E-state index contributed by atoms with van der Waals surface area (Å²) in [6.45, 7) is 9.08. The van der Waals surface area contributed by atoms with Gasteiger partial charge in [-0.15, -0.1) is 0 Å². The number of likely N-dealkylation sites (tertiary alicyclic amines) is 1. The number of piperidine rings is 1. The summed E-state index contributed by atoms with van der Waals surface area (Å²) >= 11 is 0. The molecule has 1 aromatic rings. The van der Waals surface area contributed by atoms with E-state index in [-0.39, 0.29) is 0 Å². The first kappa shape index (κ1) is 19.1. The quantitative estimate of drug-likeness (QED) is 0.730. The molecule has 26 heavy (non-hydrogen) atoms. The minimum atomic E-state index is 0.308. The number of morpholine rings is 1. The van der Waals surface area contributed by atoms with Crippen molar-refractivity contribution in [2.75, 3.05) is 44.3 Å². The standard InChI is InChI=1S/C20H32N4O2/c1-3-4-5-8-20(25)24-9-6-7-17(15-24)18-14-19(22-16(2)21-18)23-10-12-26-13-11-23/h14,17H,3-13,15H2,1-2H3. The van der Waals surface area contributed by atoms with E-state index in [0.29, 0.717) is 18.2 Å². The summed E-state index contributed by atoms with van der Waals surface area (Å²) in [4.78, 5) is 26.2. The number of unbranched alkanes of at least 4 members (excludes halogenated alkanes) is 2. The summed E-state index contributed by atoms with van der Waals surface area (Å²) in [6.07, 6.45) is 6.13. The van der Waals surface area contributed by atoms with E-state index in [9.17, 15) is 4.79 Å².